The quantitative estimate of drug-likeness (QED) is 0.359. The second kappa shape index (κ2) is 8.57. The second-order valence-electron chi connectivity index (χ2n) is 11.2. The molecule has 0 aromatic rings. The van der Waals surface area contributed by atoms with Gasteiger partial charge >= 0.3 is 0 Å². The molecule has 2 fully saturated rings. The number of unbranched alkanes of at least 4 members (excludes halogenated alkanes) is 1. The molecule has 7 unspecified atom stereocenters. The Balaban J connectivity index is 2.36. The van der Waals surface area contributed by atoms with E-state index in [2.05, 4.69) is 55.4 Å². The van der Waals surface area contributed by atoms with Crippen molar-refractivity contribution < 1.29 is 0 Å². The molecule has 2 rings (SSSR count). The largest absolute Gasteiger partial charge is 0.0654 e. The summed E-state index contributed by atoms with van der Waals surface area (Å²) in [6, 6.07) is 0. The van der Waals surface area contributed by atoms with Crippen LogP contribution >= 0.6 is 0 Å². The van der Waals surface area contributed by atoms with Gasteiger partial charge in [-0.25, -0.2) is 0 Å². The normalized spacial score (nSPS) is 41.3. The Hall–Kier alpha value is 0. The third-order valence-electron chi connectivity index (χ3n) is 9.52. The zero-order valence-corrected chi connectivity index (χ0v) is 19.6. The van der Waals surface area contributed by atoms with Crippen molar-refractivity contribution >= 4 is 0 Å². The van der Waals surface area contributed by atoms with E-state index < -0.39 is 0 Å². The van der Waals surface area contributed by atoms with Crippen LogP contribution in [-0.2, 0) is 0 Å². The van der Waals surface area contributed by atoms with Crippen LogP contribution in [0.1, 0.15) is 126 Å². The van der Waals surface area contributed by atoms with Crippen LogP contribution in [0.5, 0.6) is 0 Å². The molecule has 0 spiro atoms. The molecule has 0 heterocycles. The molecule has 0 aliphatic heterocycles. The van der Waals surface area contributed by atoms with Crippen LogP contribution in [0, 0.1) is 39.9 Å². The number of rotatable bonds is 9. The summed E-state index contributed by atoms with van der Waals surface area (Å²) in [6.07, 6.45) is 15.8. The van der Waals surface area contributed by atoms with Crippen LogP contribution in [0.2, 0.25) is 0 Å². The summed E-state index contributed by atoms with van der Waals surface area (Å²) in [5.41, 5.74) is 1.68. The predicted molar refractivity (Wildman–Crippen MR) is 117 cm³/mol. The van der Waals surface area contributed by atoms with Gasteiger partial charge in [-0.3, -0.25) is 0 Å². The molecule has 0 amide bonds. The van der Waals surface area contributed by atoms with Crippen molar-refractivity contribution in [3.63, 3.8) is 0 Å². The maximum Gasteiger partial charge on any atom is -0.0187 e. The van der Waals surface area contributed by atoms with Gasteiger partial charge in [0.15, 0.2) is 0 Å². The minimum atomic E-state index is 0.524. The van der Waals surface area contributed by atoms with Gasteiger partial charge in [0.05, 0.1) is 0 Å². The monoisotopic (exact) mass is 362 g/mol. The molecule has 0 aromatic carbocycles. The van der Waals surface area contributed by atoms with Crippen LogP contribution in [-0.4, -0.2) is 0 Å². The first-order chi connectivity index (χ1) is 12.2. The Morgan fingerprint density at radius 3 is 2.19 bits per heavy atom. The average Bonchev–Trinajstić information content (AvgIpc) is 3.32. The summed E-state index contributed by atoms with van der Waals surface area (Å²) >= 11 is 0. The first kappa shape index (κ1) is 22.3. The van der Waals surface area contributed by atoms with Crippen molar-refractivity contribution in [3.8, 4) is 0 Å². The van der Waals surface area contributed by atoms with Gasteiger partial charge in [0, 0.05) is 0 Å². The topological polar surface area (TPSA) is 0 Å². The molecule has 2 saturated carbocycles. The van der Waals surface area contributed by atoms with E-state index in [4.69, 9.17) is 0 Å². The van der Waals surface area contributed by atoms with Gasteiger partial charge < -0.3 is 0 Å². The highest BCUT2D eigenvalue weighted by molar-refractivity contribution is 5.10. The third kappa shape index (κ3) is 3.91. The van der Waals surface area contributed by atoms with E-state index in [1.807, 2.05) is 0 Å². The van der Waals surface area contributed by atoms with E-state index in [1.165, 1.54) is 70.6 Å². The zero-order chi connectivity index (χ0) is 19.6. The number of hydrogen-bond acceptors (Lipinski definition) is 0. The molecule has 0 bridgehead atoms. The molecule has 154 valence electrons. The van der Waals surface area contributed by atoms with Crippen LogP contribution in [0.15, 0.2) is 0 Å². The lowest BCUT2D eigenvalue weighted by Crippen LogP contribution is -2.50. The summed E-state index contributed by atoms with van der Waals surface area (Å²) < 4.78 is 0. The van der Waals surface area contributed by atoms with Crippen LogP contribution in [0.4, 0.5) is 0 Å². The maximum atomic E-state index is 2.74. The van der Waals surface area contributed by atoms with Crippen LogP contribution in [0.25, 0.3) is 0 Å². The molecule has 2 aliphatic carbocycles. The molecular formula is C26H50. The van der Waals surface area contributed by atoms with Crippen molar-refractivity contribution in [1.29, 1.82) is 0 Å². The van der Waals surface area contributed by atoms with Gasteiger partial charge in [0.1, 0.15) is 0 Å². The lowest BCUT2D eigenvalue weighted by molar-refractivity contribution is -0.0835. The summed E-state index contributed by atoms with van der Waals surface area (Å²) in [6.45, 7) is 20.4. The average molecular weight is 363 g/mol. The zero-order valence-electron chi connectivity index (χ0n) is 19.6. The fourth-order valence-corrected chi connectivity index (χ4v) is 7.81. The van der Waals surface area contributed by atoms with E-state index in [9.17, 15) is 0 Å². The Kier molecular flexibility index (Phi) is 7.34. The fourth-order valence-electron chi connectivity index (χ4n) is 7.81. The van der Waals surface area contributed by atoms with Gasteiger partial charge in [-0.05, 0) is 78.4 Å². The van der Waals surface area contributed by atoms with Gasteiger partial charge in [-0.2, -0.15) is 0 Å². The molecule has 0 N–H and O–H groups in total. The van der Waals surface area contributed by atoms with E-state index in [0.717, 1.165) is 23.7 Å². The fraction of sp³-hybridized carbons (Fsp3) is 1.00. The van der Waals surface area contributed by atoms with Gasteiger partial charge in [-0.15, -0.1) is 0 Å². The summed E-state index contributed by atoms with van der Waals surface area (Å²) in [4.78, 5) is 0. The second-order valence-corrected chi connectivity index (χ2v) is 11.2. The first-order valence-corrected chi connectivity index (χ1v) is 12.2. The Bertz CT molecular complexity index is 439. The highest BCUT2D eigenvalue weighted by atomic mass is 14.7. The summed E-state index contributed by atoms with van der Waals surface area (Å²) in [5, 5.41) is 0. The molecule has 0 radical (unpaired) electrons. The van der Waals surface area contributed by atoms with E-state index in [1.54, 1.807) is 0 Å². The van der Waals surface area contributed by atoms with Crippen molar-refractivity contribution in [1.82, 2.24) is 0 Å². The van der Waals surface area contributed by atoms with Crippen LogP contribution < -0.4 is 0 Å². The summed E-state index contributed by atoms with van der Waals surface area (Å²) in [5.74, 6) is 3.69. The van der Waals surface area contributed by atoms with Crippen LogP contribution in [0.3, 0.4) is 0 Å². The molecule has 26 heavy (non-hydrogen) atoms. The Morgan fingerprint density at radius 1 is 1.04 bits per heavy atom. The van der Waals surface area contributed by atoms with Gasteiger partial charge in [0.2, 0.25) is 0 Å². The smallest absolute Gasteiger partial charge is 0.0187 e. The third-order valence-corrected chi connectivity index (χ3v) is 9.52. The highest BCUT2D eigenvalue weighted by Gasteiger charge is 2.62. The van der Waals surface area contributed by atoms with Crippen molar-refractivity contribution in [2.45, 2.75) is 126 Å². The van der Waals surface area contributed by atoms with E-state index in [-0.39, 0.29) is 0 Å². The lowest BCUT2D eigenvalue weighted by Gasteiger charge is -2.57. The molecule has 0 nitrogen and oxygen atoms in total. The molecule has 7 atom stereocenters. The Morgan fingerprint density at radius 2 is 1.69 bits per heavy atom. The minimum absolute atomic E-state index is 0.524. The first-order valence-electron chi connectivity index (χ1n) is 12.2. The van der Waals surface area contributed by atoms with Crippen molar-refractivity contribution in [2.75, 3.05) is 0 Å². The standard InChI is InChI=1S/C26H50/c1-9-12-15-24(7)16-13-17-25(8,22(6)19-24)26(11-3,21(5)14-10-2)23-18-20(23)4/h20-23H,9-19H2,1-8H3. The van der Waals surface area contributed by atoms with Crippen molar-refractivity contribution in [2.24, 2.45) is 39.9 Å². The molecular weight excluding hydrogens is 312 g/mol. The van der Waals surface area contributed by atoms with Gasteiger partial charge in [-0.1, -0.05) is 87.5 Å². The molecule has 2 aliphatic rings. The minimum Gasteiger partial charge on any atom is -0.0654 e. The Labute approximate surface area is 166 Å². The van der Waals surface area contributed by atoms with Crippen molar-refractivity contribution in [3.05, 3.63) is 0 Å². The van der Waals surface area contributed by atoms with E-state index >= 15 is 0 Å². The van der Waals surface area contributed by atoms with Gasteiger partial charge in [0.25, 0.3) is 0 Å². The van der Waals surface area contributed by atoms with E-state index in [0.29, 0.717) is 16.2 Å². The molecule has 0 heteroatoms. The highest BCUT2D eigenvalue weighted by Crippen LogP contribution is 2.69. The summed E-state index contributed by atoms with van der Waals surface area (Å²) in [7, 11) is 0. The SMILES string of the molecule is CCCCC1(C)CCCC(C)(C(CC)(C(C)CCC)C2CC2C)C(C)C1. The molecule has 0 saturated heterocycles. The lowest BCUT2D eigenvalue weighted by atomic mass is 9.48. The number of hydrogen-bond donors (Lipinski definition) is 0. The predicted octanol–water partition coefficient (Wildman–Crippen LogP) is 8.89. The molecule has 0 aromatic heterocycles. The maximum absolute atomic E-state index is 2.74.